The zero-order valence-corrected chi connectivity index (χ0v) is 12.8. The molecular formula is C14H22N4O3. The smallest absolute Gasteiger partial charge is 0.325 e. The Morgan fingerprint density at radius 2 is 2.00 bits per heavy atom. The van der Waals surface area contributed by atoms with E-state index in [1.165, 1.54) is 0 Å². The molecule has 7 heteroatoms. The number of ether oxygens (including phenoxy) is 1. The van der Waals surface area contributed by atoms with E-state index >= 15 is 0 Å². The third-order valence-electron chi connectivity index (χ3n) is 2.66. The molecule has 0 bridgehead atoms. The van der Waals surface area contributed by atoms with Crippen molar-refractivity contribution in [3.63, 3.8) is 0 Å². The molecule has 0 aliphatic carbocycles. The van der Waals surface area contributed by atoms with Gasteiger partial charge < -0.3 is 15.0 Å². The number of aromatic nitrogens is 2. The van der Waals surface area contributed by atoms with Crippen LogP contribution in [0.2, 0.25) is 0 Å². The Kier molecular flexibility index (Phi) is 7.14. The van der Waals surface area contributed by atoms with Gasteiger partial charge in [-0.05, 0) is 32.4 Å². The maximum Gasteiger partial charge on any atom is 0.325 e. The molecule has 0 saturated heterocycles. The van der Waals surface area contributed by atoms with Crippen molar-refractivity contribution < 1.29 is 14.3 Å². The first-order chi connectivity index (χ1) is 10.1. The SMILES string of the molecule is CCCN(CC(=O)OCC)c1ccc(C(=O)NCC)nn1. The average Bonchev–Trinajstić information content (AvgIpc) is 2.47. The summed E-state index contributed by atoms with van der Waals surface area (Å²) in [5.74, 6) is -0.0116. The molecule has 0 aromatic carbocycles. The molecule has 0 fully saturated rings. The number of hydrogen-bond donors (Lipinski definition) is 1. The van der Waals surface area contributed by atoms with Gasteiger partial charge in [-0.1, -0.05) is 6.92 Å². The predicted octanol–water partition coefficient (Wildman–Crippen LogP) is 1.01. The first-order valence-corrected chi connectivity index (χ1v) is 7.14. The summed E-state index contributed by atoms with van der Waals surface area (Å²) in [6, 6.07) is 3.29. The fourth-order valence-electron chi connectivity index (χ4n) is 1.77. The normalized spacial score (nSPS) is 10.0. The highest BCUT2D eigenvalue weighted by molar-refractivity contribution is 5.92. The maximum atomic E-state index is 11.6. The van der Waals surface area contributed by atoms with Crippen LogP contribution in [0.4, 0.5) is 5.82 Å². The highest BCUT2D eigenvalue weighted by atomic mass is 16.5. The van der Waals surface area contributed by atoms with E-state index in [9.17, 15) is 9.59 Å². The molecule has 0 unspecified atom stereocenters. The number of hydrogen-bond acceptors (Lipinski definition) is 6. The lowest BCUT2D eigenvalue weighted by Crippen LogP contribution is -2.33. The van der Waals surface area contributed by atoms with Gasteiger partial charge in [0.05, 0.1) is 6.61 Å². The lowest BCUT2D eigenvalue weighted by Gasteiger charge is -2.21. The molecule has 0 aliphatic heterocycles. The van der Waals surface area contributed by atoms with Crippen LogP contribution in [0.1, 0.15) is 37.7 Å². The van der Waals surface area contributed by atoms with Gasteiger partial charge in [0.2, 0.25) is 0 Å². The summed E-state index contributed by atoms with van der Waals surface area (Å²) >= 11 is 0. The summed E-state index contributed by atoms with van der Waals surface area (Å²) in [5.41, 5.74) is 0.258. The Morgan fingerprint density at radius 3 is 2.52 bits per heavy atom. The quantitative estimate of drug-likeness (QED) is 0.720. The minimum atomic E-state index is -0.305. The summed E-state index contributed by atoms with van der Waals surface area (Å²) < 4.78 is 4.94. The summed E-state index contributed by atoms with van der Waals surface area (Å²) in [5, 5.41) is 10.6. The lowest BCUT2D eigenvalue weighted by atomic mass is 10.3. The molecule has 1 amide bonds. The summed E-state index contributed by atoms with van der Waals surface area (Å²) in [6.07, 6.45) is 0.860. The fourth-order valence-corrected chi connectivity index (χ4v) is 1.77. The predicted molar refractivity (Wildman–Crippen MR) is 79.2 cm³/mol. The molecule has 0 atom stereocenters. The van der Waals surface area contributed by atoms with E-state index in [4.69, 9.17) is 4.74 Å². The van der Waals surface area contributed by atoms with Gasteiger partial charge in [-0.25, -0.2) is 0 Å². The van der Waals surface area contributed by atoms with E-state index in [2.05, 4.69) is 15.5 Å². The number of nitrogens with zero attached hydrogens (tertiary/aromatic N) is 3. The number of rotatable bonds is 8. The third kappa shape index (κ3) is 5.37. The molecule has 21 heavy (non-hydrogen) atoms. The zero-order valence-electron chi connectivity index (χ0n) is 12.8. The Bertz CT molecular complexity index is 462. The Hall–Kier alpha value is -2.18. The maximum absolute atomic E-state index is 11.6. The number of anilines is 1. The molecule has 1 aromatic rings. The molecule has 0 spiro atoms. The van der Waals surface area contributed by atoms with Gasteiger partial charge in [-0.3, -0.25) is 9.59 Å². The van der Waals surface area contributed by atoms with Crippen LogP contribution < -0.4 is 10.2 Å². The minimum absolute atomic E-state index is 0.122. The monoisotopic (exact) mass is 294 g/mol. The second kappa shape index (κ2) is 8.89. The van der Waals surface area contributed by atoms with E-state index in [-0.39, 0.29) is 24.1 Å². The van der Waals surface area contributed by atoms with Crippen molar-refractivity contribution in [2.45, 2.75) is 27.2 Å². The van der Waals surface area contributed by atoms with E-state index in [0.29, 0.717) is 25.5 Å². The van der Waals surface area contributed by atoms with Crippen molar-refractivity contribution in [2.75, 3.05) is 31.1 Å². The first-order valence-electron chi connectivity index (χ1n) is 7.14. The molecule has 1 rings (SSSR count). The van der Waals surface area contributed by atoms with Crippen molar-refractivity contribution in [1.29, 1.82) is 0 Å². The van der Waals surface area contributed by atoms with Crippen LogP contribution in [0, 0.1) is 0 Å². The van der Waals surface area contributed by atoms with E-state index in [0.717, 1.165) is 6.42 Å². The Balaban J connectivity index is 2.79. The number of nitrogens with one attached hydrogen (secondary N) is 1. The van der Waals surface area contributed by atoms with Gasteiger partial charge in [0.25, 0.3) is 5.91 Å². The highest BCUT2D eigenvalue weighted by Gasteiger charge is 2.14. The van der Waals surface area contributed by atoms with Gasteiger partial charge in [-0.15, -0.1) is 10.2 Å². The van der Waals surface area contributed by atoms with Gasteiger partial charge in [0, 0.05) is 13.1 Å². The van der Waals surface area contributed by atoms with Crippen LogP contribution >= 0.6 is 0 Å². The van der Waals surface area contributed by atoms with Gasteiger partial charge in [0.15, 0.2) is 11.5 Å². The van der Waals surface area contributed by atoms with Crippen molar-refractivity contribution in [3.05, 3.63) is 17.8 Å². The number of esters is 1. The molecule has 0 radical (unpaired) electrons. The number of carbonyl (C=O) groups is 2. The zero-order chi connectivity index (χ0) is 15.7. The van der Waals surface area contributed by atoms with E-state index in [1.807, 2.05) is 13.8 Å². The lowest BCUT2D eigenvalue weighted by molar-refractivity contribution is -0.141. The Labute approximate surface area is 124 Å². The number of carbonyl (C=O) groups excluding carboxylic acids is 2. The van der Waals surface area contributed by atoms with Gasteiger partial charge >= 0.3 is 5.97 Å². The molecule has 1 N–H and O–H groups in total. The largest absolute Gasteiger partial charge is 0.465 e. The molecule has 0 saturated carbocycles. The van der Waals surface area contributed by atoms with Crippen molar-refractivity contribution in [3.8, 4) is 0 Å². The molecular weight excluding hydrogens is 272 g/mol. The van der Waals surface area contributed by atoms with Gasteiger partial charge in [-0.2, -0.15) is 0 Å². The fraction of sp³-hybridized carbons (Fsp3) is 0.571. The second-order valence-corrected chi connectivity index (χ2v) is 4.36. The molecule has 7 nitrogen and oxygen atoms in total. The van der Waals surface area contributed by atoms with Crippen LogP contribution in [-0.2, 0) is 9.53 Å². The van der Waals surface area contributed by atoms with Crippen molar-refractivity contribution in [2.24, 2.45) is 0 Å². The van der Waals surface area contributed by atoms with Crippen LogP contribution in [0.15, 0.2) is 12.1 Å². The summed E-state index contributed by atoms with van der Waals surface area (Å²) in [6.45, 7) is 7.28. The molecule has 1 aromatic heterocycles. The van der Waals surface area contributed by atoms with Crippen molar-refractivity contribution in [1.82, 2.24) is 15.5 Å². The summed E-state index contributed by atoms with van der Waals surface area (Å²) in [4.78, 5) is 25.0. The highest BCUT2D eigenvalue weighted by Crippen LogP contribution is 2.10. The molecule has 1 heterocycles. The van der Waals surface area contributed by atoms with Crippen LogP contribution in [0.25, 0.3) is 0 Å². The Morgan fingerprint density at radius 1 is 1.24 bits per heavy atom. The standard InChI is InChI=1S/C14H22N4O3/c1-4-9-18(10-13(19)21-6-3)12-8-7-11(16-17-12)14(20)15-5-2/h7-8H,4-6,9-10H2,1-3H3,(H,15,20). The molecule has 116 valence electrons. The average molecular weight is 294 g/mol. The third-order valence-corrected chi connectivity index (χ3v) is 2.66. The van der Waals surface area contributed by atoms with E-state index < -0.39 is 0 Å². The molecule has 0 aliphatic rings. The minimum Gasteiger partial charge on any atom is -0.465 e. The number of amides is 1. The van der Waals surface area contributed by atoms with Crippen LogP contribution in [0.5, 0.6) is 0 Å². The topological polar surface area (TPSA) is 84.4 Å². The summed E-state index contributed by atoms with van der Waals surface area (Å²) in [7, 11) is 0. The van der Waals surface area contributed by atoms with E-state index in [1.54, 1.807) is 24.0 Å². The first kappa shape index (κ1) is 16.9. The van der Waals surface area contributed by atoms with Crippen LogP contribution in [0.3, 0.4) is 0 Å². The van der Waals surface area contributed by atoms with Gasteiger partial charge in [0.1, 0.15) is 6.54 Å². The second-order valence-electron chi connectivity index (χ2n) is 4.36. The van der Waals surface area contributed by atoms with Crippen molar-refractivity contribution >= 4 is 17.7 Å². The van der Waals surface area contributed by atoms with Crippen LogP contribution in [-0.4, -0.2) is 48.3 Å².